The van der Waals surface area contributed by atoms with Gasteiger partial charge in [0.1, 0.15) is 24.4 Å². The minimum atomic E-state index is -1.57. The standard InChI is InChI=1S/C48H89NO8/c1-3-5-7-9-11-13-14-15-16-17-18-19-20-21-22-23-24-25-26-27-28-30-31-33-35-37-42(51)41(40-56-48-47(55)46(54)45(53)43(39-50)57-48)49-44(52)38-36-34-32-29-12-10-8-6-4-2/h24-25,28,30,35,37,41-43,45-48,50-51,53-55H,3-23,26-27,29,31-34,36,38-40H2,1-2H3,(H,49,52)/b25-24+,30-28+,37-35+. The molecule has 7 unspecified atom stereocenters. The first kappa shape index (κ1) is 53.4. The van der Waals surface area contributed by atoms with Gasteiger partial charge in [-0.2, -0.15) is 0 Å². The van der Waals surface area contributed by atoms with E-state index >= 15 is 0 Å². The summed E-state index contributed by atoms with van der Waals surface area (Å²) in [7, 11) is 0. The molecule has 1 aliphatic heterocycles. The molecule has 334 valence electrons. The number of amides is 1. The van der Waals surface area contributed by atoms with E-state index in [0.717, 1.165) is 44.9 Å². The van der Waals surface area contributed by atoms with E-state index in [1.54, 1.807) is 6.08 Å². The molecule has 9 heteroatoms. The van der Waals surface area contributed by atoms with E-state index in [2.05, 4.69) is 43.5 Å². The van der Waals surface area contributed by atoms with Crippen LogP contribution in [0.5, 0.6) is 0 Å². The van der Waals surface area contributed by atoms with E-state index in [-0.39, 0.29) is 12.5 Å². The second-order valence-electron chi connectivity index (χ2n) is 16.5. The SMILES string of the molecule is CCCCCCCCCCCCCCCCC/C=C/CC/C=C/CC/C=C/C(O)C(COC1OC(CO)C(O)C(O)C1O)NC(=O)CCCCCCCCCCC. The molecule has 0 bridgehead atoms. The Balaban J connectivity index is 2.29. The zero-order chi connectivity index (χ0) is 41.6. The summed E-state index contributed by atoms with van der Waals surface area (Å²) in [6.45, 7) is 3.72. The summed E-state index contributed by atoms with van der Waals surface area (Å²) in [6.07, 6.45) is 40.7. The molecule has 0 aromatic rings. The van der Waals surface area contributed by atoms with Crippen molar-refractivity contribution in [3.63, 3.8) is 0 Å². The molecule has 9 nitrogen and oxygen atoms in total. The van der Waals surface area contributed by atoms with Crippen molar-refractivity contribution >= 4 is 5.91 Å². The van der Waals surface area contributed by atoms with Crippen molar-refractivity contribution < 1.29 is 39.8 Å². The fourth-order valence-electron chi connectivity index (χ4n) is 7.36. The van der Waals surface area contributed by atoms with Gasteiger partial charge in [0.2, 0.25) is 5.91 Å². The molecule has 0 saturated carbocycles. The third-order valence-electron chi connectivity index (χ3n) is 11.2. The van der Waals surface area contributed by atoms with Gasteiger partial charge < -0.3 is 40.3 Å². The molecule has 0 aromatic carbocycles. The number of aliphatic hydroxyl groups excluding tert-OH is 5. The van der Waals surface area contributed by atoms with E-state index in [9.17, 15) is 30.3 Å². The molecule has 1 rings (SSSR count). The molecule has 57 heavy (non-hydrogen) atoms. The van der Waals surface area contributed by atoms with E-state index in [4.69, 9.17) is 9.47 Å². The maximum absolute atomic E-state index is 12.9. The molecule has 1 aliphatic rings. The summed E-state index contributed by atoms with van der Waals surface area (Å²) in [6, 6.07) is -0.823. The number of aliphatic hydroxyl groups is 5. The Morgan fingerprint density at radius 2 is 1.00 bits per heavy atom. The van der Waals surface area contributed by atoms with Crippen LogP contribution in [0.2, 0.25) is 0 Å². The van der Waals surface area contributed by atoms with Gasteiger partial charge in [-0.1, -0.05) is 192 Å². The average Bonchev–Trinajstić information content (AvgIpc) is 3.21. The number of hydrogen-bond donors (Lipinski definition) is 6. The Morgan fingerprint density at radius 3 is 1.47 bits per heavy atom. The lowest BCUT2D eigenvalue weighted by molar-refractivity contribution is -0.302. The molecule has 1 amide bonds. The Kier molecular flexibility index (Phi) is 36.2. The van der Waals surface area contributed by atoms with Crippen LogP contribution in [0, 0.1) is 0 Å². The second kappa shape index (κ2) is 38.6. The highest BCUT2D eigenvalue weighted by atomic mass is 16.7. The quantitative estimate of drug-likeness (QED) is 0.0266. The number of hydrogen-bond acceptors (Lipinski definition) is 8. The number of unbranched alkanes of at least 4 members (excludes halogenated alkanes) is 25. The topological polar surface area (TPSA) is 149 Å². The first-order valence-electron chi connectivity index (χ1n) is 23.7. The lowest BCUT2D eigenvalue weighted by Gasteiger charge is -2.40. The number of allylic oxidation sites excluding steroid dienone is 5. The van der Waals surface area contributed by atoms with Gasteiger partial charge in [-0.3, -0.25) is 4.79 Å². The van der Waals surface area contributed by atoms with Gasteiger partial charge in [-0.25, -0.2) is 0 Å². The number of carbonyl (C=O) groups excluding carboxylic acids is 1. The molecule has 0 aromatic heterocycles. The number of ether oxygens (including phenoxy) is 2. The fraction of sp³-hybridized carbons (Fsp3) is 0.854. The molecular formula is C48H89NO8. The summed E-state index contributed by atoms with van der Waals surface area (Å²) >= 11 is 0. The van der Waals surface area contributed by atoms with Crippen molar-refractivity contribution in [2.45, 2.75) is 249 Å². The van der Waals surface area contributed by atoms with Crippen LogP contribution in [0.1, 0.15) is 206 Å². The minimum absolute atomic E-state index is 0.195. The van der Waals surface area contributed by atoms with Gasteiger partial charge in [0, 0.05) is 6.42 Å². The van der Waals surface area contributed by atoms with Gasteiger partial charge in [0.15, 0.2) is 6.29 Å². The molecular weight excluding hydrogens is 719 g/mol. The van der Waals surface area contributed by atoms with Crippen LogP contribution in [-0.2, 0) is 14.3 Å². The van der Waals surface area contributed by atoms with Crippen LogP contribution in [0.15, 0.2) is 36.5 Å². The predicted molar refractivity (Wildman–Crippen MR) is 235 cm³/mol. The largest absolute Gasteiger partial charge is 0.394 e. The normalized spacial score (nSPS) is 21.3. The molecule has 6 N–H and O–H groups in total. The third kappa shape index (κ3) is 29.3. The van der Waals surface area contributed by atoms with Crippen LogP contribution in [0.4, 0.5) is 0 Å². The van der Waals surface area contributed by atoms with Crippen LogP contribution < -0.4 is 5.32 Å². The minimum Gasteiger partial charge on any atom is -0.394 e. The first-order valence-corrected chi connectivity index (χ1v) is 23.7. The van der Waals surface area contributed by atoms with Crippen molar-refractivity contribution in [2.75, 3.05) is 13.2 Å². The molecule has 1 fully saturated rings. The van der Waals surface area contributed by atoms with Crippen molar-refractivity contribution in [2.24, 2.45) is 0 Å². The zero-order valence-electron chi connectivity index (χ0n) is 36.6. The third-order valence-corrected chi connectivity index (χ3v) is 11.2. The fourth-order valence-corrected chi connectivity index (χ4v) is 7.36. The molecule has 7 atom stereocenters. The van der Waals surface area contributed by atoms with Crippen molar-refractivity contribution in [1.82, 2.24) is 5.32 Å². The summed E-state index contributed by atoms with van der Waals surface area (Å²) in [4.78, 5) is 12.9. The number of nitrogens with one attached hydrogen (secondary N) is 1. The highest BCUT2D eigenvalue weighted by Crippen LogP contribution is 2.22. The Morgan fingerprint density at radius 1 is 0.579 bits per heavy atom. The number of carbonyl (C=O) groups is 1. The predicted octanol–water partition coefficient (Wildman–Crippen LogP) is 10.1. The maximum atomic E-state index is 12.9. The Labute approximate surface area is 349 Å². The van der Waals surface area contributed by atoms with Gasteiger partial charge in [-0.05, 0) is 44.9 Å². The van der Waals surface area contributed by atoms with E-state index in [1.807, 2.05) is 6.08 Å². The first-order chi connectivity index (χ1) is 27.8. The van der Waals surface area contributed by atoms with E-state index in [1.165, 1.54) is 141 Å². The van der Waals surface area contributed by atoms with Crippen molar-refractivity contribution in [3.8, 4) is 0 Å². The van der Waals surface area contributed by atoms with E-state index < -0.39 is 49.5 Å². The van der Waals surface area contributed by atoms with Gasteiger partial charge in [0.05, 0.1) is 25.4 Å². The second-order valence-corrected chi connectivity index (χ2v) is 16.5. The summed E-state index contributed by atoms with van der Waals surface area (Å²) in [5, 5.41) is 54.0. The molecule has 0 radical (unpaired) electrons. The monoisotopic (exact) mass is 808 g/mol. The molecule has 0 spiro atoms. The summed E-state index contributed by atoms with van der Waals surface area (Å²) in [5.41, 5.74) is 0. The van der Waals surface area contributed by atoms with Crippen LogP contribution in [-0.4, -0.2) is 87.5 Å². The highest BCUT2D eigenvalue weighted by Gasteiger charge is 2.44. The van der Waals surface area contributed by atoms with Crippen molar-refractivity contribution in [1.29, 1.82) is 0 Å². The molecule has 0 aliphatic carbocycles. The van der Waals surface area contributed by atoms with Crippen molar-refractivity contribution in [3.05, 3.63) is 36.5 Å². The maximum Gasteiger partial charge on any atom is 0.220 e. The number of rotatable bonds is 39. The average molecular weight is 808 g/mol. The van der Waals surface area contributed by atoms with Gasteiger partial charge in [-0.15, -0.1) is 0 Å². The van der Waals surface area contributed by atoms with Gasteiger partial charge >= 0.3 is 0 Å². The summed E-state index contributed by atoms with van der Waals surface area (Å²) in [5.74, 6) is -0.195. The van der Waals surface area contributed by atoms with Crippen LogP contribution >= 0.6 is 0 Å². The zero-order valence-corrected chi connectivity index (χ0v) is 36.6. The lowest BCUT2D eigenvalue weighted by atomic mass is 9.99. The highest BCUT2D eigenvalue weighted by molar-refractivity contribution is 5.76. The lowest BCUT2D eigenvalue weighted by Crippen LogP contribution is -2.60. The Bertz CT molecular complexity index is 987. The Hall–Kier alpha value is -1.59. The van der Waals surface area contributed by atoms with Gasteiger partial charge in [0.25, 0.3) is 0 Å². The van der Waals surface area contributed by atoms with Crippen LogP contribution in [0.3, 0.4) is 0 Å². The molecule has 1 heterocycles. The summed E-state index contributed by atoms with van der Waals surface area (Å²) < 4.78 is 11.2. The molecule has 1 saturated heterocycles. The van der Waals surface area contributed by atoms with Crippen LogP contribution in [0.25, 0.3) is 0 Å². The smallest absolute Gasteiger partial charge is 0.220 e. The van der Waals surface area contributed by atoms with E-state index in [0.29, 0.717) is 6.42 Å².